The van der Waals surface area contributed by atoms with Gasteiger partial charge in [-0.2, -0.15) is 0 Å². The van der Waals surface area contributed by atoms with E-state index in [-0.39, 0.29) is 18.4 Å². The number of hydrogen-bond acceptors (Lipinski definition) is 4. The van der Waals surface area contributed by atoms with E-state index in [4.69, 9.17) is 4.74 Å². The fourth-order valence-electron chi connectivity index (χ4n) is 2.69. The molecule has 3 rings (SSSR count). The molecule has 0 saturated carbocycles. The minimum absolute atomic E-state index is 0.0836. The maximum Gasteiger partial charge on any atom is 0.262 e. The lowest BCUT2D eigenvalue weighted by Gasteiger charge is -2.08. The Kier molecular flexibility index (Phi) is 4.62. The smallest absolute Gasteiger partial charge is 0.262 e. The van der Waals surface area contributed by atoms with E-state index in [1.54, 1.807) is 19.2 Å². The van der Waals surface area contributed by atoms with Crippen LogP contribution < -0.4 is 15.4 Å². The lowest BCUT2D eigenvalue weighted by atomic mass is 10.1. The van der Waals surface area contributed by atoms with Gasteiger partial charge in [-0.15, -0.1) is 11.3 Å². The van der Waals surface area contributed by atoms with Crippen LogP contribution in [0.3, 0.4) is 0 Å². The standard InChI is InChI=1S/C17H18N2O3S/c1-18-16(21)15-12-8-5-9-13(12)23-17(15)19-14(20)10-22-11-6-3-2-4-7-11/h2-4,6-7H,5,8-10H2,1H3,(H,18,21)(H,19,20). The van der Waals surface area contributed by atoms with Crippen molar-refractivity contribution in [1.82, 2.24) is 5.32 Å². The SMILES string of the molecule is CNC(=O)c1c(NC(=O)COc2ccccc2)sc2c1CCC2. The molecule has 1 aromatic carbocycles. The number of carbonyl (C=O) groups is 2. The number of benzene rings is 1. The number of rotatable bonds is 5. The van der Waals surface area contributed by atoms with Crippen molar-refractivity contribution in [2.45, 2.75) is 19.3 Å². The number of anilines is 1. The third-order valence-corrected chi connectivity index (χ3v) is 4.95. The third kappa shape index (κ3) is 3.37. The van der Waals surface area contributed by atoms with Gasteiger partial charge in [0, 0.05) is 11.9 Å². The third-order valence-electron chi connectivity index (χ3n) is 3.74. The first-order chi connectivity index (χ1) is 11.2. The van der Waals surface area contributed by atoms with Gasteiger partial charge in [0.2, 0.25) is 0 Å². The van der Waals surface area contributed by atoms with Crippen molar-refractivity contribution in [1.29, 1.82) is 0 Å². The molecule has 0 bridgehead atoms. The highest BCUT2D eigenvalue weighted by Crippen LogP contribution is 2.39. The van der Waals surface area contributed by atoms with Crippen LogP contribution in [0.5, 0.6) is 5.75 Å². The zero-order valence-electron chi connectivity index (χ0n) is 12.8. The number of amides is 2. The van der Waals surface area contributed by atoms with Gasteiger partial charge < -0.3 is 15.4 Å². The van der Waals surface area contributed by atoms with Gasteiger partial charge in [0.15, 0.2) is 6.61 Å². The van der Waals surface area contributed by atoms with Gasteiger partial charge in [0.25, 0.3) is 11.8 Å². The number of thiophene rings is 1. The summed E-state index contributed by atoms with van der Waals surface area (Å²) in [5, 5.41) is 6.09. The zero-order valence-corrected chi connectivity index (χ0v) is 13.7. The number of fused-ring (bicyclic) bond motifs is 1. The lowest BCUT2D eigenvalue weighted by Crippen LogP contribution is -2.24. The molecule has 0 radical (unpaired) electrons. The van der Waals surface area contributed by atoms with Crippen molar-refractivity contribution in [3.63, 3.8) is 0 Å². The summed E-state index contributed by atoms with van der Waals surface area (Å²) in [7, 11) is 1.60. The van der Waals surface area contributed by atoms with Crippen molar-refractivity contribution < 1.29 is 14.3 Å². The zero-order chi connectivity index (χ0) is 16.2. The van der Waals surface area contributed by atoms with Crippen LogP contribution in [0, 0.1) is 0 Å². The molecule has 1 aliphatic carbocycles. The number of hydrogen-bond donors (Lipinski definition) is 2. The lowest BCUT2D eigenvalue weighted by molar-refractivity contribution is -0.118. The van der Waals surface area contributed by atoms with Crippen molar-refractivity contribution in [3.8, 4) is 5.75 Å². The molecule has 2 aromatic rings. The first-order valence-corrected chi connectivity index (χ1v) is 8.35. The van der Waals surface area contributed by atoms with E-state index in [1.165, 1.54) is 16.2 Å². The van der Waals surface area contributed by atoms with Crippen LogP contribution in [0.25, 0.3) is 0 Å². The topological polar surface area (TPSA) is 67.4 Å². The predicted molar refractivity (Wildman–Crippen MR) is 90.3 cm³/mol. The summed E-state index contributed by atoms with van der Waals surface area (Å²) < 4.78 is 5.44. The summed E-state index contributed by atoms with van der Waals surface area (Å²) in [6.07, 6.45) is 2.93. The Bertz CT molecular complexity index is 725. The van der Waals surface area contributed by atoms with Crippen molar-refractivity contribution in [2.24, 2.45) is 0 Å². The van der Waals surface area contributed by atoms with E-state index in [1.807, 2.05) is 18.2 Å². The van der Waals surface area contributed by atoms with Gasteiger partial charge in [-0.3, -0.25) is 9.59 Å². The monoisotopic (exact) mass is 330 g/mol. The van der Waals surface area contributed by atoms with Crippen LogP contribution in [-0.4, -0.2) is 25.5 Å². The molecule has 0 fully saturated rings. The van der Waals surface area contributed by atoms with E-state index >= 15 is 0 Å². The Morgan fingerprint density at radius 3 is 2.74 bits per heavy atom. The summed E-state index contributed by atoms with van der Waals surface area (Å²) in [5.41, 5.74) is 1.69. The van der Waals surface area contributed by atoms with Crippen LogP contribution in [-0.2, 0) is 17.6 Å². The normalized spacial score (nSPS) is 12.6. The fourth-order valence-corrected chi connectivity index (χ4v) is 3.99. The number of ether oxygens (including phenoxy) is 1. The van der Waals surface area contributed by atoms with Gasteiger partial charge in [0.1, 0.15) is 10.8 Å². The van der Waals surface area contributed by atoms with E-state index in [2.05, 4.69) is 10.6 Å². The van der Waals surface area contributed by atoms with Crippen molar-refractivity contribution in [3.05, 3.63) is 46.3 Å². The minimum Gasteiger partial charge on any atom is -0.484 e. The Hall–Kier alpha value is -2.34. The van der Waals surface area contributed by atoms with E-state index < -0.39 is 0 Å². The van der Waals surface area contributed by atoms with Crippen LogP contribution in [0.1, 0.15) is 27.2 Å². The van der Waals surface area contributed by atoms with Gasteiger partial charge in [-0.1, -0.05) is 18.2 Å². The van der Waals surface area contributed by atoms with E-state index in [0.717, 1.165) is 24.8 Å². The van der Waals surface area contributed by atoms with Crippen LogP contribution in [0.4, 0.5) is 5.00 Å². The number of para-hydroxylation sites is 1. The molecule has 23 heavy (non-hydrogen) atoms. The molecule has 5 nitrogen and oxygen atoms in total. The Labute approximate surface area is 138 Å². The second-order valence-corrected chi connectivity index (χ2v) is 6.40. The van der Waals surface area contributed by atoms with Crippen molar-refractivity contribution >= 4 is 28.2 Å². The van der Waals surface area contributed by atoms with E-state index in [9.17, 15) is 9.59 Å². The van der Waals surface area contributed by atoms with Crippen LogP contribution >= 0.6 is 11.3 Å². The summed E-state index contributed by atoms with van der Waals surface area (Å²) in [5.74, 6) is 0.227. The fraction of sp³-hybridized carbons (Fsp3) is 0.294. The van der Waals surface area contributed by atoms with Crippen LogP contribution in [0.2, 0.25) is 0 Å². The maximum absolute atomic E-state index is 12.1. The second kappa shape index (κ2) is 6.83. The molecule has 0 unspecified atom stereocenters. The number of carbonyl (C=O) groups excluding carboxylic acids is 2. The summed E-state index contributed by atoms with van der Waals surface area (Å²) in [6, 6.07) is 9.17. The average molecular weight is 330 g/mol. The van der Waals surface area contributed by atoms with Gasteiger partial charge in [0.05, 0.1) is 5.56 Å². The largest absolute Gasteiger partial charge is 0.484 e. The number of nitrogens with one attached hydrogen (secondary N) is 2. The van der Waals surface area contributed by atoms with Gasteiger partial charge in [-0.25, -0.2) is 0 Å². The highest BCUT2D eigenvalue weighted by molar-refractivity contribution is 7.17. The Morgan fingerprint density at radius 1 is 1.22 bits per heavy atom. The average Bonchev–Trinajstić information content (AvgIpc) is 3.14. The molecular weight excluding hydrogens is 312 g/mol. The van der Waals surface area contributed by atoms with E-state index in [0.29, 0.717) is 16.3 Å². The molecule has 6 heteroatoms. The van der Waals surface area contributed by atoms with Crippen molar-refractivity contribution in [2.75, 3.05) is 19.0 Å². The second-order valence-electron chi connectivity index (χ2n) is 5.29. The molecule has 0 atom stereocenters. The van der Waals surface area contributed by atoms with Crippen LogP contribution in [0.15, 0.2) is 30.3 Å². The summed E-state index contributed by atoms with van der Waals surface area (Å²) >= 11 is 1.49. The first kappa shape index (κ1) is 15.6. The maximum atomic E-state index is 12.1. The molecule has 120 valence electrons. The quantitative estimate of drug-likeness (QED) is 0.885. The molecule has 0 spiro atoms. The summed E-state index contributed by atoms with van der Waals surface area (Å²) in [6.45, 7) is -0.0836. The highest BCUT2D eigenvalue weighted by Gasteiger charge is 2.26. The predicted octanol–water partition coefficient (Wildman–Crippen LogP) is 2.61. The Balaban J connectivity index is 1.70. The minimum atomic E-state index is -0.265. The van der Waals surface area contributed by atoms with Gasteiger partial charge in [-0.05, 0) is 37.0 Å². The molecular formula is C17H18N2O3S. The molecule has 2 amide bonds. The summed E-state index contributed by atoms with van der Waals surface area (Å²) in [4.78, 5) is 25.4. The molecule has 1 aliphatic rings. The Morgan fingerprint density at radius 2 is 2.00 bits per heavy atom. The molecule has 0 saturated heterocycles. The molecule has 1 aromatic heterocycles. The molecule has 2 N–H and O–H groups in total. The molecule has 1 heterocycles. The number of aryl methyl sites for hydroxylation is 1. The van der Waals surface area contributed by atoms with Gasteiger partial charge >= 0.3 is 0 Å². The molecule has 0 aliphatic heterocycles. The highest BCUT2D eigenvalue weighted by atomic mass is 32.1. The first-order valence-electron chi connectivity index (χ1n) is 7.53.